The quantitative estimate of drug-likeness (QED) is 0.0114. The second-order valence-electron chi connectivity index (χ2n) is 29.6. The molecule has 4 heterocycles. The number of aliphatic hydroxyl groups is 5. The third-order valence-electron chi connectivity index (χ3n) is 20.1. The number of methoxy groups -OCH3 is 5. The van der Waals surface area contributed by atoms with E-state index >= 15 is 0 Å². The van der Waals surface area contributed by atoms with Crippen molar-refractivity contribution in [1.29, 1.82) is 0 Å². The van der Waals surface area contributed by atoms with Crippen LogP contribution in [-0.4, -0.2) is 281 Å². The zero-order chi connectivity index (χ0) is 85.7. The monoisotopic (exact) mass is 1790 g/mol. The van der Waals surface area contributed by atoms with Crippen LogP contribution in [0, 0.1) is 51.9 Å². The number of thioether (sulfide) groups is 1. The number of primary amides is 1. The fraction of sp³-hybridized carbons (Fsp3) is 0.701. The van der Waals surface area contributed by atoms with E-state index in [1.165, 1.54) is 63.2 Å². The van der Waals surface area contributed by atoms with Crippen LogP contribution in [0.1, 0.15) is 143 Å². The number of nitrogens with one attached hydrogen (secondary N) is 4. The molecule has 19 unspecified atom stereocenters. The van der Waals surface area contributed by atoms with Gasteiger partial charge >= 0.3 is 12.1 Å². The van der Waals surface area contributed by atoms with Crippen LogP contribution in [0.5, 0.6) is 17.2 Å². The smallest absolute Gasteiger partial charge is 0.407 e. The van der Waals surface area contributed by atoms with Gasteiger partial charge in [0.05, 0.1) is 110 Å². The van der Waals surface area contributed by atoms with E-state index in [4.69, 9.17) is 72.5 Å². The number of alkyl carbamates (subject to hydrolysis) is 1. The molecule has 0 radical (unpaired) electrons. The van der Waals surface area contributed by atoms with Gasteiger partial charge in [-0.15, -0.1) is 5.92 Å². The molecule has 1 aromatic carbocycles. The van der Waals surface area contributed by atoms with Crippen molar-refractivity contribution < 1.29 is 135 Å². The van der Waals surface area contributed by atoms with Crippen LogP contribution in [0.3, 0.4) is 0 Å². The molecular weight excluding hydrogens is 1680 g/mol. The molecule has 38 heteroatoms. The van der Waals surface area contributed by atoms with Crippen LogP contribution < -0.4 is 41.4 Å². The summed E-state index contributed by atoms with van der Waals surface area (Å²) < 4.78 is 73.7. The van der Waals surface area contributed by atoms with Gasteiger partial charge in [-0.3, -0.25) is 43.2 Å². The summed E-state index contributed by atoms with van der Waals surface area (Å²) in [5.41, 5.74) is 7.18. The van der Waals surface area contributed by atoms with E-state index in [0.717, 1.165) is 18.9 Å². The Balaban J connectivity index is 1.30. The first-order valence-electron chi connectivity index (χ1n) is 37.7. The number of halogens is 1. The standard InChI is InChI=1S/C77H113IN6O28S3/c1-18-20-21-22-23-25-49(58-43(28-29-113-115-76(10,11)12)77(99,37(3)4)34-48(87)61(58)82-75(98)104-17)109-74-68(110-55-33-50(100-13)45(36-105-55)84(19-2)53(90)35-80-71(96)38(5)30-46(85)44(31-51(79)88)81-52(89)26-24-27-54(91)92)63(94)60(40(7)107-74)83-112-56-32-47(86)70(42(9)106-56)114-72(97)57-39(6)59(78)66(69(103-16)65(57)101-14)111-73-64(95)67(102-15)62(93)41(8)108-73/h21-22,28,37-38,40-42,44-45,47,49-50,55-56,58,60-64,67-68,70,73-74,83,86,93-95,99H,19,24,26-27,29-36H2,1-17H3,(H2,79,88)(H,80,96)(H,81,89)(H,82,98)(H,91,92)/b22-21-,43-28+/t38-,40?,41?,42?,44+,45?,47?,49+,50?,55?,56?,58?,60?,61?,62?,63?,64?,67?,68?,70?,73?,74?,77-/m1/s1. The van der Waals surface area contributed by atoms with E-state index in [9.17, 15) is 68.7 Å². The van der Waals surface area contributed by atoms with Crippen molar-refractivity contribution in [2.75, 3.05) is 61.0 Å². The highest BCUT2D eigenvalue weighted by atomic mass is 127. The van der Waals surface area contributed by atoms with Gasteiger partial charge in [0.15, 0.2) is 41.9 Å². The number of hydrogen-bond acceptors (Lipinski definition) is 31. The van der Waals surface area contributed by atoms with Crippen LogP contribution >= 0.6 is 55.9 Å². The van der Waals surface area contributed by atoms with Crippen LogP contribution in [0.2, 0.25) is 0 Å². The number of aliphatic carboxylic acids is 1. The number of hydroxylamine groups is 1. The van der Waals surface area contributed by atoms with E-state index < -0.39 is 223 Å². The second kappa shape index (κ2) is 45.4. The summed E-state index contributed by atoms with van der Waals surface area (Å²) >= 11 is 2.75. The SMILES string of the molecule is CC#C/C=C\C#C[C@H](OC1OC(C)C(NOC2CC(O)C(SC(=O)c3c(C)c(I)c(OC4OC(C)C(O)C(OC)C4O)c(OC)c3OC)C(C)O2)C(O)C1OC1CC(OC)C(N(CC)C(=O)CNC(=O)[C@H](C)CC(=O)[C@H](CC(N)=O)NC(=O)CCCC(=O)O)CO1)C1/C(=C\CSSC(C)(C)C)[C@](O)(C(C)C)CC(=O)C1NC(=O)OC. The van der Waals surface area contributed by atoms with Crippen LogP contribution in [-0.2, 0) is 81.0 Å². The molecule has 4 aliphatic heterocycles. The van der Waals surface area contributed by atoms with Crippen molar-refractivity contribution >= 4 is 108 Å². The van der Waals surface area contributed by atoms with E-state index in [2.05, 4.69) is 45.1 Å². The number of ketones is 2. The average molecular weight is 1790 g/mol. The lowest BCUT2D eigenvalue weighted by Crippen LogP contribution is -2.66. The van der Waals surface area contributed by atoms with Crippen molar-refractivity contribution in [1.82, 2.24) is 26.3 Å². The molecule has 1 aromatic rings. The maximum Gasteiger partial charge on any atom is 0.407 e. The molecule has 0 aromatic heterocycles. The maximum atomic E-state index is 14.7. The Hall–Kier alpha value is -5.97. The number of aliphatic hydroxyl groups excluding tert-OH is 4. The first-order valence-corrected chi connectivity index (χ1v) is 42.0. The molecule has 1 aliphatic carbocycles. The molecule has 5 fully saturated rings. The highest BCUT2D eigenvalue weighted by molar-refractivity contribution is 14.1. The summed E-state index contributed by atoms with van der Waals surface area (Å²) in [7, 11) is 9.59. The molecule has 6 rings (SSSR count). The third-order valence-corrected chi connectivity index (χ3v) is 26.0. The van der Waals surface area contributed by atoms with E-state index in [1.54, 1.807) is 72.3 Å². The first kappa shape index (κ1) is 97.9. The van der Waals surface area contributed by atoms with Gasteiger partial charge in [-0.25, -0.2) is 4.79 Å². The molecule has 23 atom stereocenters. The minimum atomic E-state index is -1.84. The molecule has 644 valence electrons. The van der Waals surface area contributed by atoms with Crippen molar-refractivity contribution in [2.24, 2.45) is 23.5 Å². The summed E-state index contributed by atoms with van der Waals surface area (Å²) in [6, 6.07) is -4.95. The van der Waals surface area contributed by atoms with Crippen LogP contribution in [0.4, 0.5) is 4.79 Å². The number of nitrogens with two attached hydrogens (primary N) is 1. The Labute approximate surface area is 696 Å². The zero-order valence-electron chi connectivity index (χ0n) is 67.8. The normalized spacial score (nSPS) is 30.1. The van der Waals surface area contributed by atoms with Gasteiger partial charge in [0, 0.05) is 81.6 Å². The number of nitrogens with zero attached hydrogens (tertiary/aromatic N) is 1. The lowest BCUT2D eigenvalue weighted by Gasteiger charge is -2.49. The minimum Gasteiger partial charge on any atom is -0.492 e. The lowest BCUT2D eigenvalue weighted by atomic mass is 9.64. The third kappa shape index (κ3) is 26.3. The number of likely N-dealkylation sites (N-methyl/N-ethyl adjacent to an activating group) is 1. The van der Waals surface area contributed by atoms with Gasteiger partial charge in [0.2, 0.25) is 40.8 Å². The Morgan fingerprint density at radius 3 is 2.12 bits per heavy atom. The summed E-state index contributed by atoms with van der Waals surface area (Å²) in [4.78, 5) is 127. The maximum absolute atomic E-state index is 14.7. The van der Waals surface area contributed by atoms with Crippen LogP contribution in [0.25, 0.3) is 0 Å². The molecule has 5 aliphatic rings. The Bertz CT molecular complexity index is 3730. The number of ether oxygens (including phenoxy) is 12. The number of allylic oxidation sites excluding steroid dienone is 2. The van der Waals surface area contributed by atoms with E-state index in [-0.39, 0.29) is 72.8 Å². The van der Waals surface area contributed by atoms with Crippen molar-refractivity contribution in [3.05, 3.63) is 38.5 Å². The second-order valence-corrected chi connectivity index (χ2v) is 35.0. The lowest BCUT2D eigenvalue weighted by molar-refractivity contribution is -0.340. The predicted octanol–water partition coefficient (Wildman–Crippen LogP) is 3.68. The number of carboxylic acids is 1. The highest BCUT2D eigenvalue weighted by Gasteiger charge is 2.56. The molecule has 4 saturated heterocycles. The summed E-state index contributed by atoms with van der Waals surface area (Å²) in [5, 5.41) is 74.8. The number of Topliss-reactive ketones (excluding diaryl/α,β-unsaturated/α-hetero) is 2. The largest absolute Gasteiger partial charge is 0.492 e. The fourth-order valence-corrected chi connectivity index (χ4v) is 17.8. The molecule has 115 heavy (non-hydrogen) atoms. The number of carbonyl (C=O) groups excluding carboxylic acids is 8. The van der Waals surface area contributed by atoms with Gasteiger partial charge in [-0.1, -0.05) is 98.7 Å². The average Bonchev–Trinajstić information content (AvgIpc) is 0.754. The van der Waals surface area contributed by atoms with E-state index in [0.29, 0.717) is 20.5 Å². The molecule has 34 nitrogen and oxygen atoms in total. The molecule has 0 bridgehead atoms. The summed E-state index contributed by atoms with van der Waals surface area (Å²) in [6.07, 6.45) is -17.9. The number of benzene rings is 1. The van der Waals surface area contributed by atoms with Gasteiger partial charge in [0.25, 0.3) is 0 Å². The summed E-state index contributed by atoms with van der Waals surface area (Å²) in [6.45, 7) is 20.0. The molecule has 0 spiro atoms. The Morgan fingerprint density at radius 2 is 1.52 bits per heavy atom. The first-order chi connectivity index (χ1) is 54.2. The van der Waals surface area contributed by atoms with Gasteiger partial charge in [0.1, 0.15) is 42.7 Å². The predicted molar refractivity (Wildman–Crippen MR) is 429 cm³/mol. The van der Waals surface area contributed by atoms with Crippen molar-refractivity contribution in [3.63, 3.8) is 0 Å². The topological polar surface area (TPSA) is 472 Å². The number of hydrogen-bond donors (Lipinski definition) is 11. The number of amides is 5. The van der Waals surface area contributed by atoms with Gasteiger partial charge in [-0.05, 0) is 99.8 Å². The fourth-order valence-electron chi connectivity index (χ4n) is 13.9. The number of carbonyl (C=O) groups is 9. The van der Waals surface area contributed by atoms with E-state index in [1.807, 2.05) is 43.4 Å². The Kier molecular flexibility index (Phi) is 38.7. The molecular formula is C77H113IN6O28S3. The zero-order valence-corrected chi connectivity index (χ0v) is 72.4. The van der Waals surface area contributed by atoms with Gasteiger partial charge in [-0.2, -0.15) is 5.48 Å². The molecule has 5 amide bonds. The minimum absolute atomic E-state index is 0.0117. The molecule has 1 saturated carbocycles. The van der Waals surface area contributed by atoms with Crippen molar-refractivity contribution in [2.45, 2.75) is 267 Å². The summed E-state index contributed by atoms with van der Waals surface area (Å²) in [5.74, 6) is 3.63. The number of rotatable bonds is 36. The highest BCUT2D eigenvalue weighted by Crippen LogP contribution is 2.50. The van der Waals surface area contributed by atoms with Crippen LogP contribution in [0.15, 0.2) is 23.8 Å². The Morgan fingerprint density at radius 1 is 0.843 bits per heavy atom. The van der Waals surface area contributed by atoms with Gasteiger partial charge < -0.3 is 114 Å². The molecule has 12 N–H and O–H groups in total. The van der Waals surface area contributed by atoms with Crippen molar-refractivity contribution in [3.8, 4) is 40.9 Å². The number of carboxylic acid groups (broad SMARTS) is 1.